The van der Waals surface area contributed by atoms with Gasteiger partial charge >= 0.3 is 0 Å². The highest BCUT2D eigenvalue weighted by Gasteiger charge is 2.17. The Kier molecular flexibility index (Phi) is 4.22. The molecule has 2 aromatic heterocycles. The molecule has 0 unspecified atom stereocenters. The van der Waals surface area contributed by atoms with Crippen LogP contribution in [0, 0.1) is 6.92 Å². The molecule has 0 atom stereocenters. The molecule has 0 aliphatic rings. The molecule has 2 heterocycles. The third-order valence-corrected chi connectivity index (χ3v) is 4.39. The number of amides is 1. The summed E-state index contributed by atoms with van der Waals surface area (Å²) < 4.78 is 0. The molecule has 0 saturated heterocycles. The predicted molar refractivity (Wildman–Crippen MR) is 91.7 cm³/mol. The molecule has 22 heavy (non-hydrogen) atoms. The number of aromatic nitrogens is 1. The minimum atomic E-state index is -0.168. The molecule has 0 bridgehead atoms. The lowest BCUT2D eigenvalue weighted by atomic mass is 10.0. The number of hydrogen-bond donors (Lipinski definition) is 1. The first-order valence-corrected chi connectivity index (χ1v) is 7.97. The first-order chi connectivity index (χ1) is 10.6. The van der Waals surface area contributed by atoms with E-state index in [-0.39, 0.29) is 5.91 Å². The summed E-state index contributed by atoms with van der Waals surface area (Å²) in [4.78, 5) is 17.7. The summed E-state index contributed by atoms with van der Waals surface area (Å²) in [6.07, 6.45) is 1.51. The Labute approximate surface area is 137 Å². The number of hydrogen-bond acceptors (Lipinski definition) is 3. The number of aryl methyl sites for hydroxylation is 1. The van der Waals surface area contributed by atoms with E-state index in [1.54, 1.807) is 23.5 Å². The molecule has 5 heteroatoms. The number of benzene rings is 1. The summed E-state index contributed by atoms with van der Waals surface area (Å²) in [6, 6.07) is 13.3. The highest BCUT2D eigenvalue weighted by molar-refractivity contribution is 7.10. The average molecular weight is 329 g/mol. The molecule has 0 saturated carbocycles. The van der Waals surface area contributed by atoms with E-state index in [2.05, 4.69) is 10.3 Å². The number of carbonyl (C=O) groups is 1. The van der Waals surface area contributed by atoms with Gasteiger partial charge in [0, 0.05) is 22.0 Å². The zero-order valence-electron chi connectivity index (χ0n) is 11.8. The number of pyridine rings is 1. The second kappa shape index (κ2) is 6.30. The molecular weight excluding hydrogens is 316 g/mol. The van der Waals surface area contributed by atoms with Crippen molar-refractivity contribution in [2.24, 2.45) is 0 Å². The van der Waals surface area contributed by atoms with Crippen LogP contribution in [0.3, 0.4) is 0 Å². The van der Waals surface area contributed by atoms with Gasteiger partial charge in [-0.1, -0.05) is 41.9 Å². The van der Waals surface area contributed by atoms with Crippen molar-refractivity contribution in [2.45, 2.75) is 6.92 Å². The van der Waals surface area contributed by atoms with Gasteiger partial charge in [-0.25, -0.2) is 4.98 Å². The van der Waals surface area contributed by atoms with Gasteiger partial charge in [-0.3, -0.25) is 4.79 Å². The van der Waals surface area contributed by atoms with E-state index >= 15 is 0 Å². The minimum Gasteiger partial charge on any atom is -0.307 e. The quantitative estimate of drug-likeness (QED) is 0.733. The van der Waals surface area contributed by atoms with Crippen molar-refractivity contribution in [3.8, 4) is 11.1 Å². The fraction of sp³-hybridized carbons (Fsp3) is 0.0588. The maximum absolute atomic E-state index is 12.5. The van der Waals surface area contributed by atoms with Crippen LogP contribution in [0.2, 0.25) is 5.02 Å². The number of halogens is 1. The normalized spacial score (nSPS) is 10.5. The van der Waals surface area contributed by atoms with E-state index in [1.807, 2.05) is 42.6 Å². The summed E-state index contributed by atoms with van der Waals surface area (Å²) in [6.45, 7) is 2.02. The Bertz CT molecular complexity index is 797. The van der Waals surface area contributed by atoms with Crippen LogP contribution < -0.4 is 5.32 Å². The summed E-state index contributed by atoms with van der Waals surface area (Å²) in [5.74, 6) is 0.315. The Hall–Kier alpha value is -2.17. The number of anilines is 1. The lowest BCUT2D eigenvalue weighted by molar-refractivity contribution is 0.102. The van der Waals surface area contributed by atoms with Gasteiger partial charge in [0.2, 0.25) is 0 Å². The molecule has 1 aromatic carbocycles. The van der Waals surface area contributed by atoms with E-state index in [1.165, 1.54) is 6.20 Å². The van der Waals surface area contributed by atoms with Crippen LogP contribution in [-0.4, -0.2) is 10.9 Å². The monoisotopic (exact) mass is 328 g/mol. The minimum absolute atomic E-state index is 0.168. The van der Waals surface area contributed by atoms with Crippen molar-refractivity contribution in [1.82, 2.24) is 4.98 Å². The Balaban J connectivity index is 1.92. The fourth-order valence-electron chi connectivity index (χ4n) is 2.22. The van der Waals surface area contributed by atoms with Crippen molar-refractivity contribution in [2.75, 3.05) is 5.32 Å². The SMILES string of the molecule is Cc1scc(C(=O)Nc2ccc(Cl)cn2)c1-c1ccccc1. The molecule has 0 spiro atoms. The van der Waals surface area contributed by atoms with Crippen LogP contribution in [0.1, 0.15) is 15.2 Å². The molecule has 1 amide bonds. The van der Waals surface area contributed by atoms with Crippen molar-refractivity contribution in [3.05, 3.63) is 69.5 Å². The molecule has 0 radical (unpaired) electrons. The first kappa shape index (κ1) is 14.8. The van der Waals surface area contributed by atoms with Gasteiger partial charge in [-0.15, -0.1) is 11.3 Å². The van der Waals surface area contributed by atoms with Crippen LogP contribution in [0.4, 0.5) is 5.82 Å². The van der Waals surface area contributed by atoms with Gasteiger partial charge in [0.1, 0.15) is 5.82 Å². The van der Waals surface area contributed by atoms with Crippen molar-refractivity contribution in [3.63, 3.8) is 0 Å². The van der Waals surface area contributed by atoms with E-state index < -0.39 is 0 Å². The smallest absolute Gasteiger partial charge is 0.258 e. The van der Waals surface area contributed by atoms with E-state index in [9.17, 15) is 4.79 Å². The van der Waals surface area contributed by atoms with Crippen LogP contribution in [-0.2, 0) is 0 Å². The van der Waals surface area contributed by atoms with Crippen LogP contribution in [0.15, 0.2) is 54.0 Å². The van der Waals surface area contributed by atoms with Gasteiger partial charge in [-0.2, -0.15) is 0 Å². The van der Waals surface area contributed by atoms with E-state index in [0.717, 1.165) is 16.0 Å². The number of carbonyl (C=O) groups excluding carboxylic acids is 1. The molecule has 0 fully saturated rings. The van der Waals surface area contributed by atoms with Crippen LogP contribution >= 0.6 is 22.9 Å². The van der Waals surface area contributed by atoms with Crippen molar-refractivity contribution < 1.29 is 4.79 Å². The maximum Gasteiger partial charge on any atom is 0.258 e. The molecular formula is C17H13ClN2OS. The van der Waals surface area contributed by atoms with Gasteiger partial charge in [0.05, 0.1) is 10.6 Å². The topological polar surface area (TPSA) is 42.0 Å². The van der Waals surface area contributed by atoms with Crippen LogP contribution in [0.5, 0.6) is 0 Å². The van der Waals surface area contributed by atoms with Crippen molar-refractivity contribution in [1.29, 1.82) is 0 Å². The largest absolute Gasteiger partial charge is 0.307 e. The molecule has 0 aliphatic heterocycles. The second-order valence-electron chi connectivity index (χ2n) is 4.76. The summed E-state index contributed by atoms with van der Waals surface area (Å²) >= 11 is 7.37. The van der Waals surface area contributed by atoms with Gasteiger partial charge < -0.3 is 5.32 Å². The lowest BCUT2D eigenvalue weighted by Crippen LogP contribution is -2.13. The third-order valence-electron chi connectivity index (χ3n) is 3.25. The molecule has 1 N–H and O–H groups in total. The Morgan fingerprint density at radius 3 is 2.64 bits per heavy atom. The highest BCUT2D eigenvalue weighted by atomic mass is 35.5. The second-order valence-corrected chi connectivity index (χ2v) is 6.28. The number of nitrogens with zero attached hydrogens (tertiary/aromatic N) is 1. The van der Waals surface area contributed by atoms with E-state index in [0.29, 0.717) is 16.4 Å². The highest BCUT2D eigenvalue weighted by Crippen LogP contribution is 2.32. The fourth-order valence-corrected chi connectivity index (χ4v) is 3.20. The third kappa shape index (κ3) is 3.03. The average Bonchev–Trinajstić information content (AvgIpc) is 2.92. The summed E-state index contributed by atoms with van der Waals surface area (Å²) in [7, 11) is 0. The first-order valence-electron chi connectivity index (χ1n) is 6.71. The van der Waals surface area contributed by atoms with Gasteiger partial charge in [0.15, 0.2) is 0 Å². The van der Waals surface area contributed by atoms with Crippen LogP contribution in [0.25, 0.3) is 11.1 Å². The van der Waals surface area contributed by atoms with Crippen molar-refractivity contribution >= 4 is 34.7 Å². The summed E-state index contributed by atoms with van der Waals surface area (Å²) in [5.41, 5.74) is 2.66. The Morgan fingerprint density at radius 2 is 1.95 bits per heavy atom. The molecule has 0 aliphatic carbocycles. The number of nitrogens with one attached hydrogen (secondary N) is 1. The summed E-state index contributed by atoms with van der Waals surface area (Å²) in [5, 5.41) is 5.22. The van der Waals surface area contributed by atoms with Gasteiger partial charge in [0.25, 0.3) is 5.91 Å². The molecule has 110 valence electrons. The lowest BCUT2D eigenvalue weighted by Gasteiger charge is -2.07. The molecule has 3 rings (SSSR count). The Morgan fingerprint density at radius 1 is 1.18 bits per heavy atom. The number of thiophene rings is 1. The molecule has 3 nitrogen and oxygen atoms in total. The predicted octanol–water partition coefficient (Wildman–Crippen LogP) is 5.02. The maximum atomic E-state index is 12.5. The van der Waals surface area contributed by atoms with Gasteiger partial charge in [-0.05, 0) is 24.6 Å². The number of rotatable bonds is 3. The molecule has 3 aromatic rings. The van der Waals surface area contributed by atoms with E-state index in [4.69, 9.17) is 11.6 Å². The zero-order chi connectivity index (χ0) is 15.5. The standard InChI is InChI=1S/C17H13ClN2OS/c1-11-16(12-5-3-2-4-6-12)14(10-22-11)17(21)20-15-8-7-13(18)9-19-15/h2-10H,1H3,(H,19,20,21). The zero-order valence-corrected chi connectivity index (χ0v) is 13.4.